The molecule has 1 fully saturated rings. The third-order valence-corrected chi connectivity index (χ3v) is 11.8. The van der Waals surface area contributed by atoms with E-state index in [0.717, 1.165) is 161 Å². The lowest BCUT2D eigenvalue weighted by Gasteiger charge is -2.39. The minimum Gasteiger partial charge on any atom is -0.457 e. The fourth-order valence-electron chi connectivity index (χ4n) is 7.50. The van der Waals surface area contributed by atoms with Gasteiger partial charge >= 0.3 is 5.97 Å². The Balaban J connectivity index is 2.24. The summed E-state index contributed by atoms with van der Waals surface area (Å²) < 4.78 is 22.9. The highest BCUT2D eigenvalue weighted by Crippen LogP contribution is 2.22. The summed E-state index contributed by atoms with van der Waals surface area (Å²) in [5.41, 5.74) is 0. The van der Waals surface area contributed by atoms with E-state index in [-0.39, 0.29) is 25.6 Å². The summed E-state index contributed by atoms with van der Waals surface area (Å²) in [5.74, 6) is -0.342. The second kappa shape index (κ2) is 52.0. The van der Waals surface area contributed by atoms with E-state index in [0.29, 0.717) is 6.61 Å². The molecule has 0 aromatic rings. The van der Waals surface area contributed by atoms with Gasteiger partial charge in [0, 0.05) is 13.0 Å². The number of esters is 1. The average Bonchev–Trinajstić information content (AvgIpc) is 3.38. The molecular formula is C63H100O9. The second-order valence-electron chi connectivity index (χ2n) is 18.3. The molecule has 1 aliphatic heterocycles. The maximum absolute atomic E-state index is 12.9. The molecule has 0 aromatic heterocycles. The average molecular weight is 1000 g/mol. The molecule has 1 rings (SSSR count). The zero-order valence-electron chi connectivity index (χ0n) is 44.9. The summed E-state index contributed by atoms with van der Waals surface area (Å²) in [4.78, 5) is 12.9. The molecule has 0 aliphatic carbocycles. The largest absolute Gasteiger partial charge is 0.457 e. The van der Waals surface area contributed by atoms with Crippen LogP contribution in [0.5, 0.6) is 0 Å². The van der Waals surface area contributed by atoms with Gasteiger partial charge < -0.3 is 39.4 Å². The van der Waals surface area contributed by atoms with E-state index in [1.165, 1.54) is 0 Å². The van der Waals surface area contributed by atoms with Crippen LogP contribution >= 0.6 is 0 Å². The number of carbonyl (C=O) groups is 1. The van der Waals surface area contributed by atoms with Crippen LogP contribution in [0, 0.1) is 0 Å². The first-order chi connectivity index (χ1) is 35.4. The molecule has 72 heavy (non-hydrogen) atoms. The standard InChI is InChI=1S/C63H100O9/c1-3-5-7-9-11-13-15-17-19-21-23-25-27-29-30-32-34-36-38-40-42-44-46-48-50-52-59(65)71-57(56-70-63-62(68)61(67)60(66)58(54-64)72-63)55-69-53-51-49-47-45-43-41-39-37-35-33-31-28-26-24-22-20-18-16-14-12-10-8-6-4-2/h5-8,11-14,17-20,23-26,29-31,33-34,36-37,39,57-58,60-64,66-68H,3-4,9-10,15-16,21-22,27-28,32,35,38,40-56H2,1-2H3/b7-5-,8-6-,13-11-,14-12-,19-17-,20-18-,25-23-,26-24-,30-29-,33-31-,36-34-,39-37-. The minimum absolute atomic E-state index is 0.114. The highest BCUT2D eigenvalue weighted by Gasteiger charge is 2.44. The fraction of sp³-hybridized carbons (Fsp3) is 0.603. The first-order valence-corrected chi connectivity index (χ1v) is 27.9. The van der Waals surface area contributed by atoms with Gasteiger partial charge in [0.05, 0.1) is 19.8 Å². The van der Waals surface area contributed by atoms with E-state index in [1.54, 1.807) is 0 Å². The quantitative estimate of drug-likeness (QED) is 0.0267. The van der Waals surface area contributed by atoms with Crippen molar-refractivity contribution < 1.29 is 44.2 Å². The molecule has 406 valence electrons. The van der Waals surface area contributed by atoms with Crippen LogP contribution in [-0.2, 0) is 23.7 Å². The predicted octanol–water partition coefficient (Wildman–Crippen LogP) is 14.6. The lowest BCUT2D eigenvalue weighted by Crippen LogP contribution is -2.59. The number of hydrogen-bond donors (Lipinski definition) is 4. The van der Waals surface area contributed by atoms with E-state index in [9.17, 15) is 25.2 Å². The normalized spacial score (nSPS) is 19.9. The third kappa shape index (κ3) is 41.5. The molecule has 9 nitrogen and oxygen atoms in total. The lowest BCUT2D eigenvalue weighted by molar-refractivity contribution is -0.305. The molecule has 9 heteroatoms. The van der Waals surface area contributed by atoms with Crippen LogP contribution in [0.3, 0.4) is 0 Å². The van der Waals surface area contributed by atoms with Crippen molar-refractivity contribution >= 4 is 5.97 Å². The van der Waals surface area contributed by atoms with E-state index < -0.39 is 43.4 Å². The van der Waals surface area contributed by atoms with Crippen LogP contribution in [-0.4, -0.2) is 89.6 Å². The first-order valence-electron chi connectivity index (χ1n) is 27.9. The predicted molar refractivity (Wildman–Crippen MR) is 301 cm³/mol. The van der Waals surface area contributed by atoms with Crippen LogP contribution in [0.25, 0.3) is 0 Å². The van der Waals surface area contributed by atoms with E-state index in [4.69, 9.17) is 18.9 Å². The molecule has 6 unspecified atom stereocenters. The number of carbonyl (C=O) groups excluding carboxylic acids is 1. The Kier molecular flexibility index (Phi) is 47.7. The number of ether oxygens (including phenoxy) is 4. The Labute approximate surface area is 438 Å². The smallest absolute Gasteiger partial charge is 0.306 e. The number of hydrogen-bond acceptors (Lipinski definition) is 9. The van der Waals surface area contributed by atoms with Crippen molar-refractivity contribution in [2.75, 3.05) is 26.4 Å². The van der Waals surface area contributed by atoms with Crippen molar-refractivity contribution in [3.63, 3.8) is 0 Å². The zero-order chi connectivity index (χ0) is 52.1. The number of aliphatic hydroxyl groups is 4. The number of unbranched alkanes of at least 4 members (excludes halogenated alkanes) is 11. The van der Waals surface area contributed by atoms with Crippen molar-refractivity contribution in [2.45, 2.75) is 218 Å². The van der Waals surface area contributed by atoms with Gasteiger partial charge in [0.1, 0.15) is 30.5 Å². The Morgan fingerprint density at radius 3 is 1.21 bits per heavy atom. The molecule has 0 aromatic carbocycles. The highest BCUT2D eigenvalue weighted by molar-refractivity contribution is 5.69. The van der Waals surface area contributed by atoms with Gasteiger partial charge in [0.25, 0.3) is 0 Å². The molecular weight excluding hydrogens is 901 g/mol. The summed E-state index contributed by atoms with van der Waals surface area (Å²) in [5, 5.41) is 40.4. The van der Waals surface area contributed by atoms with Crippen LogP contribution < -0.4 is 0 Å². The van der Waals surface area contributed by atoms with Gasteiger partial charge in [0.15, 0.2) is 6.29 Å². The van der Waals surface area contributed by atoms with Gasteiger partial charge in [-0.2, -0.15) is 0 Å². The molecule has 0 amide bonds. The van der Waals surface area contributed by atoms with Crippen molar-refractivity contribution in [3.05, 3.63) is 146 Å². The molecule has 4 N–H and O–H groups in total. The maximum atomic E-state index is 12.9. The molecule has 1 aliphatic rings. The number of rotatable bonds is 46. The minimum atomic E-state index is -1.56. The van der Waals surface area contributed by atoms with E-state index in [1.807, 2.05) is 0 Å². The van der Waals surface area contributed by atoms with Crippen LogP contribution in [0.2, 0.25) is 0 Å². The summed E-state index contributed by atoms with van der Waals surface area (Å²) in [6.45, 7) is 4.24. The Bertz CT molecular complexity index is 1610. The van der Waals surface area contributed by atoms with Gasteiger partial charge in [-0.15, -0.1) is 0 Å². The molecule has 0 radical (unpaired) electrons. The van der Waals surface area contributed by atoms with Gasteiger partial charge in [-0.05, 0) is 116 Å². The van der Waals surface area contributed by atoms with Crippen LogP contribution in [0.1, 0.15) is 181 Å². The summed E-state index contributed by atoms with van der Waals surface area (Å²) in [6, 6.07) is 0. The SMILES string of the molecule is CC/C=C\C/C=C\C/C=C\C/C=C\C/C=C\C/C=C\CCCCCCCCC(=O)OC(COCCCCCCC/C=C\C/C=C\C/C=C\C/C=C\C/C=C\C/C=C\CC)COC1OC(CO)C(O)C(O)C1O. The first kappa shape index (κ1) is 66.1. The summed E-state index contributed by atoms with van der Waals surface area (Å²) >= 11 is 0. The molecule has 6 atom stereocenters. The fourth-order valence-corrected chi connectivity index (χ4v) is 7.50. The van der Waals surface area contributed by atoms with Crippen molar-refractivity contribution in [1.82, 2.24) is 0 Å². The van der Waals surface area contributed by atoms with Gasteiger partial charge in [-0.3, -0.25) is 4.79 Å². The molecule has 0 bridgehead atoms. The Morgan fingerprint density at radius 1 is 0.444 bits per heavy atom. The number of allylic oxidation sites excluding steroid dienone is 24. The zero-order valence-corrected chi connectivity index (χ0v) is 44.9. The van der Waals surface area contributed by atoms with Crippen LogP contribution in [0.4, 0.5) is 0 Å². The van der Waals surface area contributed by atoms with Crippen molar-refractivity contribution in [3.8, 4) is 0 Å². The Morgan fingerprint density at radius 2 is 0.806 bits per heavy atom. The van der Waals surface area contributed by atoms with Crippen molar-refractivity contribution in [2.24, 2.45) is 0 Å². The monoisotopic (exact) mass is 1000 g/mol. The molecule has 0 spiro atoms. The topological polar surface area (TPSA) is 135 Å². The van der Waals surface area contributed by atoms with Crippen LogP contribution in [0.15, 0.2) is 146 Å². The third-order valence-electron chi connectivity index (χ3n) is 11.8. The molecule has 1 saturated heterocycles. The van der Waals surface area contributed by atoms with Gasteiger partial charge in [-0.25, -0.2) is 0 Å². The maximum Gasteiger partial charge on any atom is 0.306 e. The van der Waals surface area contributed by atoms with Gasteiger partial charge in [0.2, 0.25) is 0 Å². The van der Waals surface area contributed by atoms with E-state index >= 15 is 0 Å². The summed E-state index contributed by atoms with van der Waals surface area (Å²) in [6.07, 6.45) is 71.6. The second-order valence-corrected chi connectivity index (χ2v) is 18.3. The highest BCUT2D eigenvalue weighted by atomic mass is 16.7. The summed E-state index contributed by atoms with van der Waals surface area (Å²) in [7, 11) is 0. The number of aliphatic hydroxyl groups excluding tert-OH is 4. The van der Waals surface area contributed by atoms with Gasteiger partial charge in [-0.1, -0.05) is 205 Å². The molecule has 1 heterocycles. The van der Waals surface area contributed by atoms with Crippen molar-refractivity contribution in [1.29, 1.82) is 0 Å². The lowest BCUT2D eigenvalue weighted by atomic mass is 9.99. The Hall–Kier alpha value is -3.93. The molecule has 0 saturated carbocycles. The van der Waals surface area contributed by atoms with E-state index in [2.05, 4.69) is 160 Å².